The summed E-state index contributed by atoms with van der Waals surface area (Å²) in [5.41, 5.74) is 2.21. The van der Waals surface area contributed by atoms with Gasteiger partial charge in [0.05, 0.1) is 16.4 Å². The van der Waals surface area contributed by atoms with Gasteiger partial charge in [-0.15, -0.1) is 0 Å². The maximum absolute atomic E-state index is 5.91. The second-order valence-electron chi connectivity index (χ2n) is 5.12. The van der Waals surface area contributed by atoms with Crippen molar-refractivity contribution in [2.75, 3.05) is 0 Å². The van der Waals surface area contributed by atoms with Crippen molar-refractivity contribution in [1.82, 2.24) is 0 Å². The Kier molecular flexibility index (Phi) is 5.82. The Morgan fingerprint density at radius 1 is 1.12 bits per heavy atom. The van der Waals surface area contributed by atoms with Crippen LogP contribution in [0.4, 0.5) is 5.69 Å². The Bertz CT molecular complexity index is 841. The average molecular weight is 421 g/mol. The fraction of sp³-hybridized carbons (Fsp3) is 0.105. The lowest BCUT2D eigenvalue weighted by molar-refractivity contribution is 0.466. The van der Waals surface area contributed by atoms with Crippen molar-refractivity contribution < 1.29 is 4.42 Å². The molecule has 0 spiro atoms. The van der Waals surface area contributed by atoms with Crippen LogP contribution < -0.4 is 0 Å². The standard InChI is InChI=1S/C19H15BrClNOS/c1-2-13-3-7-15(8-4-13)22-12-16-11-18(20)19(23-16)24-17-9-5-14(21)6-10-17/h3-12H,2H2,1H3. The Hall–Kier alpha value is -1.49. The first kappa shape index (κ1) is 17.3. The number of hydrogen-bond acceptors (Lipinski definition) is 3. The van der Waals surface area contributed by atoms with Gasteiger partial charge in [-0.3, -0.25) is 4.99 Å². The lowest BCUT2D eigenvalue weighted by Gasteiger charge is -1.98. The maximum Gasteiger partial charge on any atom is 0.179 e. The van der Waals surface area contributed by atoms with E-state index in [0.29, 0.717) is 5.76 Å². The van der Waals surface area contributed by atoms with E-state index in [2.05, 4.69) is 40.0 Å². The fourth-order valence-corrected chi connectivity index (χ4v) is 3.52. The van der Waals surface area contributed by atoms with E-state index < -0.39 is 0 Å². The van der Waals surface area contributed by atoms with E-state index in [1.807, 2.05) is 42.5 Å². The summed E-state index contributed by atoms with van der Waals surface area (Å²) in [6.07, 6.45) is 2.76. The highest BCUT2D eigenvalue weighted by atomic mass is 79.9. The van der Waals surface area contributed by atoms with Crippen LogP contribution in [-0.2, 0) is 6.42 Å². The van der Waals surface area contributed by atoms with Crippen molar-refractivity contribution in [2.24, 2.45) is 4.99 Å². The SMILES string of the molecule is CCc1ccc(N=Cc2cc(Br)c(Sc3ccc(Cl)cc3)o2)cc1. The molecule has 0 aliphatic heterocycles. The summed E-state index contributed by atoms with van der Waals surface area (Å²) in [5.74, 6) is 0.706. The number of hydrogen-bond donors (Lipinski definition) is 0. The topological polar surface area (TPSA) is 25.5 Å². The van der Waals surface area contributed by atoms with E-state index in [-0.39, 0.29) is 0 Å². The van der Waals surface area contributed by atoms with Gasteiger partial charge in [-0.25, -0.2) is 0 Å². The molecule has 1 heterocycles. The molecule has 2 aromatic carbocycles. The van der Waals surface area contributed by atoms with Crippen LogP contribution in [0.2, 0.25) is 5.02 Å². The number of aryl methyl sites for hydroxylation is 1. The Balaban J connectivity index is 1.73. The summed E-state index contributed by atoms with van der Waals surface area (Å²) in [4.78, 5) is 5.52. The van der Waals surface area contributed by atoms with Gasteiger partial charge in [0.15, 0.2) is 5.09 Å². The summed E-state index contributed by atoms with van der Waals surface area (Å²) in [7, 11) is 0. The molecule has 0 radical (unpaired) electrons. The van der Waals surface area contributed by atoms with Gasteiger partial charge in [-0.2, -0.15) is 0 Å². The van der Waals surface area contributed by atoms with Crippen LogP contribution >= 0.6 is 39.3 Å². The molecule has 0 fully saturated rings. The minimum Gasteiger partial charge on any atom is -0.447 e. The molecule has 0 unspecified atom stereocenters. The summed E-state index contributed by atoms with van der Waals surface area (Å²) < 4.78 is 6.76. The van der Waals surface area contributed by atoms with Crippen LogP contribution in [0.5, 0.6) is 0 Å². The van der Waals surface area contributed by atoms with Crippen LogP contribution in [0.1, 0.15) is 18.2 Å². The van der Waals surface area contributed by atoms with Gasteiger partial charge in [0.2, 0.25) is 0 Å². The molecule has 0 amide bonds. The summed E-state index contributed by atoms with van der Waals surface area (Å²) in [6.45, 7) is 2.14. The van der Waals surface area contributed by atoms with Crippen molar-refractivity contribution >= 4 is 51.2 Å². The molecule has 3 rings (SSSR count). The molecular weight excluding hydrogens is 406 g/mol. The number of furan rings is 1. The third kappa shape index (κ3) is 4.53. The molecule has 0 bridgehead atoms. The predicted molar refractivity (Wildman–Crippen MR) is 105 cm³/mol. The molecule has 0 saturated heterocycles. The molecule has 0 saturated carbocycles. The molecule has 2 nitrogen and oxygen atoms in total. The average Bonchev–Trinajstić information content (AvgIpc) is 2.95. The highest BCUT2D eigenvalue weighted by Crippen LogP contribution is 2.36. The molecule has 1 aromatic heterocycles. The van der Waals surface area contributed by atoms with E-state index in [1.54, 1.807) is 6.21 Å². The monoisotopic (exact) mass is 419 g/mol. The van der Waals surface area contributed by atoms with Gasteiger partial charge in [-0.1, -0.05) is 42.4 Å². The van der Waals surface area contributed by atoms with Crippen LogP contribution in [0.15, 0.2) is 78.5 Å². The van der Waals surface area contributed by atoms with Crippen molar-refractivity contribution in [3.63, 3.8) is 0 Å². The van der Waals surface area contributed by atoms with E-state index in [4.69, 9.17) is 16.0 Å². The molecule has 3 aromatic rings. The van der Waals surface area contributed by atoms with Gasteiger partial charge in [0, 0.05) is 16.0 Å². The first-order valence-electron chi connectivity index (χ1n) is 7.50. The largest absolute Gasteiger partial charge is 0.447 e. The molecule has 24 heavy (non-hydrogen) atoms. The Morgan fingerprint density at radius 3 is 2.50 bits per heavy atom. The van der Waals surface area contributed by atoms with E-state index in [0.717, 1.165) is 31.6 Å². The zero-order valence-electron chi connectivity index (χ0n) is 13.0. The number of rotatable bonds is 5. The molecule has 5 heteroatoms. The summed E-state index contributed by atoms with van der Waals surface area (Å²) in [6, 6.07) is 17.8. The van der Waals surface area contributed by atoms with Gasteiger partial charge >= 0.3 is 0 Å². The highest BCUT2D eigenvalue weighted by molar-refractivity contribution is 9.10. The minimum absolute atomic E-state index is 0.706. The fourth-order valence-electron chi connectivity index (χ4n) is 2.07. The molecule has 0 N–H and O–H groups in total. The number of nitrogens with zero attached hydrogens (tertiary/aromatic N) is 1. The molecule has 0 atom stereocenters. The van der Waals surface area contributed by atoms with Gasteiger partial charge < -0.3 is 4.42 Å². The zero-order valence-corrected chi connectivity index (χ0v) is 16.2. The predicted octanol–water partition coefficient (Wildman–Crippen LogP) is 7.16. The first-order chi connectivity index (χ1) is 11.6. The Labute approximate surface area is 159 Å². The number of halogens is 2. The third-order valence-corrected chi connectivity index (χ3v) is 5.48. The highest BCUT2D eigenvalue weighted by Gasteiger charge is 2.09. The van der Waals surface area contributed by atoms with Crippen LogP contribution in [0.3, 0.4) is 0 Å². The van der Waals surface area contributed by atoms with Gasteiger partial charge in [-0.05, 0) is 64.3 Å². The molecular formula is C19H15BrClNOS. The second-order valence-corrected chi connectivity index (χ2v) is 7.46. The molecule has 122 valence electrons. The summed E-state index contributed by atoms with van der Waals surface area (Å²) >= 11 is 11.0. The number of aliphatic imine (C=N–C) groups is 1. The summed E-state index contributed by atoms with van der Waals surface area (Å²) in [5, 5.41) is 1.51. The van der Waals surface area contributed by atoms with Crippen molar-refractivity contribution in [1.29, 1.82) is 0 Å². The van der Waals surface area contributed by atoms with E-state index in [9.17, 15) is 0 Å². The van der Waals surface area contributed by atoms with E-state index in [1.165, 1.54) is 17.3 Å². The second kappa shape index (κ2) is 8.06. The first-order valence-corrected chi connectivity index (χ1v) is 9.48. The number of benzene rings is 2. The van der Waals surface area contributed by atoms with Gasteiger partial charge in [0.25, 0.3) is 0 Å². The van der Waals surface area contributed by atoms with Crippen molar-refractivity contribution in [3.8, 4) is 0 Å². The van der Waals surface area contributed by atoms with Crippen LogP contribution in [0.25, 0.3) is 0 Å². The van der Waals surface area contributed by atoms with Crippen molar-refractivity contribution in [2.45, 2.75) is 23.3 Å². The molecule has 0 aliphatic rings. The van der Waals surface area contributed by atoms with Crippen LogP contribution in [0, 0.1) is 0 Å². The van der Waals surface area contributed by atoms with Gasteiger partial charge in [0.1, 0.15) is 5.76 Å². The smallest absolute Gasteiger partial charge is 0.179 e. The van der Waals surface area contributed by atoms with Crippen molar-refractivity contribution in [3.05, 3.63) is 75.4 Å². The Morgan fingerprint density at radius 2 is 1.83 bits per heavy atom. The van der Waals surface area contributed by atoms with E-state index >= 15 is 0 Å². The normalized spacial score (nSPS) is 11.3. The molecule has 0 aliphatic carbocycles. The zero-order chi connectivity index (χ0) is 16.9. The third-order valence-electron chi connectivity index (χ3n) is 3.38. The van der Waals surface area contributed by atoms with Crippen LogP contribution in [-0.4, -0.2) is 6.21 Å². The lowest BCUT2D eigenvalue weighted by Crippen LogP contribution is -1.78. The maximum atomic E-state index is 5.91. The lowest BCUT2D eigenvalue weighted by atomic mass is 10.1. The minimum atomic E-state index is 0.706. The quantitative estimate of drug-likeness (QED) is 0.409.